The van der Waals surface area contributed by atoms with Gasteiger partial charge in [-0.15, -0.1) is 0 Å². The maximum absolute atomic E-state index is 13.1. The minimum absolute atomic E-state index is 0.132. The third-order valence-electron chi connectivity index (χ3n) is 15.6. The van der Waals surface area contributed by atoms with Gasteiger partial charge in [0, 0.05) is 6.42 Å². The van der Waals surface area contributed by atoms with Crippen LogP contribution < -0.4 is 5.32 Å². The molecule has 0 spiro atoms. The van der Waals surface area contributed by atoms with Gasteiger partial charge in [-0.25, -0.2) is 0 Å². The number of nitrogens with one attached hydrogen (secondary N) is 1. The largest absolute Gasteiger partial charge is 0.394 e. The molecule has 0 radical (unpaired) electrons. The van der Waals surface area contributed by atoms with Crippen molar-refractivity contribution in [1.29, 1.82) is 0 Å². The quantitative estimate of drug-likeness (QED) is 0.0261. The van der Waals surface area contributed by atoms with E-state index in [1.165, 1.54) is 263 Å². The summed E-state index contributed by atoms with van der Waals surface area (Å²) in [4.78, 5) is 13.1. The van der Waals surface area contributed by atoms with Gasteiger partial charge in [-0.3, -0.25) is 4.79 Å². The number of rotatable bonds is 56. The molecule has 6 N–H and O–H groups in total. The SMILES string of the molecule is CCCCCCCCCC/C=C\CCCCCCCCCCCCCCCCCCCCCC(=O)NC(COC1OC(CO)C(O)C(O)C1O)C(O)CCCCCCCCCCCCCCCCCCCC. The summed E-state index contributed by atoms with van der Waals surface area (Å²) in [6.07, 6.45) is 59.8. The second-order valence-corrected chi connectivity index (χ2v) is 22.6. The molecular weight excluding hydrogens is 899 g/mol. The van der Waals surface area contributed by atoms with Crippen LogP contribution in [0.2, 0.25) is 0 Å². The molecule has 0 aromatic carbocycles. The zero-order valence-corrected chi connectivity index (χ0v) is 47.7. The highest BCUT2D eigenvalue weighted by Crippen LogP contribution is 2.24. The topological polar surface area (TPSA) is 149 Å². The van der Waals surface area contributed by atoms with Crippen LogP contribution in [0.25, 0.3) is 0 Å². The molecule has 72 heavy (non-hydrogen) atoms. The molecule has 9 nitrogen and oxygen atoms in total. The third kappa shape index (κ3) is 42.1. The van der Waals surface area contributed by atoms with Gasteiger partial charge in [0.25, 0.3) is 0 Å². The molecular formula is C63H123NO8. The van der Waals surface area contributed by atoms with Crippen LogP contribution in [0.3, 0.4) is 0 Å². The Balaban J connectivity index is 2.11. The molecule has 1 aliphatic heterocycles. The molecule has 0 aliphatic carbocycles. The van der Waals surface area contributed by atoms with Crippen molar-refractivity contribution in [1.82, 2.24) is 5.32 Å². The van der Waals surface area contributed by atoms with Crippen LogP contribution in [0.1, 0.15) is 328 Å². The molecule has 7 unspecified atom stereocenters. The number of allylic oxidation sites excluding steroid dienone is 2. The van der Waals surface area contributed by atoms with Gasteiger partial charge in [-0.2, -0.15) is 0 Å². The smallest absolute Gasteiger partial charge is 0.220 e. The first-order chi connectivity index (χ1) is 35.3. The summed E-state index contributed by atoms with van der Waals surface area (Å²) in [5.41, 5.74) is 0. The first-order valence-electron chi connectivity index (χ1n) is 31.9. The molecule has 9 heteroatoms. The Morgan fingerprint density at radius 2 is 0.778 bits per heavy atom. The summed E-state index contributed by atoms with van der Waals surface area (Å²) >= 11 is 0. The zero-order valence-electron chi connectivity index (χ0n) is 47.7. The molecule has 428 valence electrons. The van der Waals surface area contributed by atoms with E-state index in [2.05, 4.69) is 31.3 Å². The Morgan fingerprint density at radius 1 is 0.458 bits per heavy atom. The van der Waals surface area contributed by atoms with E-state index in [4.69, 9.17) is 9.47 Å². The van der Waals surface area contributed by atoms with E-state index < -0.39 is 49.5 Å². The van der Waals surface area contributed by atoms with Crippen LogP contribution in [-0.2, 0) is 14.3 Å². The monoisotopic (exact) mass is 1020 g/mol. The Bertz CT molecular complexity index is 1140. The fourth-order valence-corrected chi connectivity index (χ4v) is 10.6. The molecule has 7 atom stereocenters. The van der Waals surface area contributed by atoms with E-state index in [1.807, 2.05) is 0 Å². The maximum atomic E-state index is 13.1. The molecule has 0 aromatic rings. The highest BCUT2D eigenvalue weighted by atomic mass is 16.7. The number of carbonyl (C=O) groups excluding carboxylic acids is 1. The average Bonchev–Trinajstić information content (AvgIpc) is 3.38. The van der Waals surface area contributed by atoms with Crippen molar-refractivity contribution in [2.75, 3.05) is 13.2 Å². The Hall–Kier alpha value is -1.07. The minimum atomic E-state index is -1.55. The second-order valence-electron chi connectivity index (χ2n) is 22.6. The number of aliphatic hydroxyl groups is 5. The summed E-state index contributed by atoms with van der Waals surface area (Å²) in [5, 5.41) is 54.8. The fourth-order valence-electron chi connectivity index (χ4n) is 10.6. The maximum Gasteiger partial charge on any atom is 0.220 e. The van der Waals surface area contributed by atoms with Crippen molar-refractivity contribution in [3.63, 3.8) is 0 Å². The van der Waals surface area contributed by atoms with Crippen molar-refractivity contribution >= 4 is 5.91 Å². The molecule has 0 aromatic heterocycles. The fraction of sp³-hybridized carbons (Fsp3) is 0.952. The summed E-state index contributed by atoms with van der Waals surface area (Å²) in [6.45, 7) is 3.88. The number of aliphatic hydroxyl groups excluding tert-OH is 5. The van der Waals surface area contributed by atoms with E-state index in [0.717, 1.165) is 38.5 Å². The van der Waals surface area contributed by atoms with Gasteiger partial charge in [-0.1, -0.05) is 296 Å². The van der Waals surface area contributed by atoms with Crippen LogP contribution in [0.4, 0.5) is 0 Å². The summed E-state index contributed by atoms with van der Waals surface area (Å²) in [7, 11) is 0. The van der Waals surface area contributed by atoms with Crippen LogP contribution >= 0.6 is 0 Å². The van der Waals surface area contributed by atoms with Crippen molar-refractivity contribution < 1.29 is 39.8 Å². The standard InChI is InChI=1S/C63H123NO8/c1-3-5-7-9-11-13-15-17-19-21-23-24-25-26-27-28-29-30-31-32-33-34-35-37-39-41-43-45-47-49-51-53-59(67)64-56(55-71-63-62(70)61(69)60(68)58(54-65)72-63)57(66)52-50-48-46-44-42-40-38-36-22-20-18-16-14-12-10-8-6-4-2/h21,23,56-58,60-63,65-66,68-70H,3-20,22,24-55H2,1-2H3,(H,64,67)/b23-21-. The first-order valence-corrected chi connectivity index (χ1v) is 31.9. The second kappa shape index (κ2) is 53.3. The third-order valence-corrected chi connectivity index (χ3v) is 15.6. The summed E-state index contributed by atoms with van der Waals surface area (Å²) in [5.74, 6) is -0.136. The van der Waals surface area contributed by atoms with E-state index >= 15 is 0 Å². The highest BCUT2D eigenvalue weighted by Gasteiger charge is 2.44. The summed E-state index contributed by atoms with van der Waals surface area (Å²) < 4.78 is 11.3. The molecule has 0 bridgehead atoms. The van der Waals surface area contributed by atoms with Crippen LogP contribution in [-0.4, -0.2) is 87.5 Å². The predicted molar refractivity (Wildman–Crippen MR) is 304 cm³/mol. The lowest BCUT2D eigenvalue weighted by Crippen LogP contribution is -2.60. The van der Waals surface area contributed by atoms with Crippen molar-refractivity contribution in [3.8, 4) is 0 Å². The number of carbonyl (C=O) groups is 1. The Kier molecular flexibility index (Phi) is 51.1. The van der Waals surface area contributed by atoms with E-state index in [0.29, 0.717) is 12.8 Å². The number of unbranched alkanes of at least 4 members (excludes halogenated alkanes) is 44. The van der Waals surface area contributed by atoms with Gasteiger partial charge in [0.05, 0.1) is 25.4 Å². The van der Waals surface area contributed by atoms with Crippen molar-refractivity contribution in [2.45, 2.75) is 371 Å². The molecule has 1 heterocycles. The van der Waals surface area contributed by atoms with Gasteiger partial charge in [-0.05, 0) is 38.5 Å². The number of hydrogen-bond donors (Lipinski definition) is 6. The average molecular weight is 1020 g/mol. The van der Waals surface area contributed by atoms with Crippen molar-refractivity contribution in [3.05, 3.63) is 12.2 Å². The van der Waals surface area contributed by atoms with Crippen LogP contribution in [0, 0.1) is 0 Å². The van der Waals surface area contributed by atoms with Gasteiger partial charge in [0.15, 0.2) is 6.29 Å². The Labute approximate surface area is 446 Å². The lowest BCUT2D eigenvalue weighted by Gasteiger charge is -2.40. The molecule has 1 rings (SSSR count). The lowest BCUT2D eigenvalue weighted by molar-refractivity contribution is -0.302. The van der Waals surface area contributed by atoms with E-state index in [-0.39, 0.29) is 12.5 Å². The first kappa shape index (κ1) is 68.9. The van der Waals surface area contributed by atoms with E-state index in [1.54, 1.807) is 0 Å². The lowest BCUT2D eigenvalue weighted by atomic mass is 9.99. The highest BCUT2D eigenvalue weighted by molar-refractivity contribution is 5.76. The van der Waals surface area contributed by atoms with Crippen LogP contribution in [0.15, 0.2) is 12.2 Å². The number of hydrogen-bond acceptors (Lipinski definition) is 8. The number of ether oxygens (including phenoxy) is 2. The molecule has 0 saturated carbocycles. The van der Waals surface area contributed by atoms with Gasteiger partial charge < -0.3 is 40.3 Å². The van der Waals surface area contributed by atoms with E-state index in [9.17, 15) is 30.3 Å². The molecule has 1 amide bonds. The molecule has 1 fully saturated rings. The van der Waals surface area contributed by atoms with Crippen LogP contribution in [0.5, 0.6) is 0 Å². The summed E-state index contributed by atoms with van der Waals surface area (Å²) in [6, 6.07) is -0.715. The predicted octanol–water partition coefficient (Wildman–Crippen LogP) is 16.4. The number of amides is 1. The van der Waals surface area contributed by atoms with Gasteiger partial charge >= 0.3 is 0 Å². The van der Waals surface area contributed by atoms with Gasteiger partial charge in [0.1, 0.15) is 24.4 Å². The zero-order chi connectivity index (χ0) is 52.2. The Morgan fingerprint density at radius 3 is 1.12 bits per heavy atom. The molecule has 1 saturated heterocycles. The minimum Gasteiger partial charge on any atom is -0.394 e. The van der Waals surface area contributed by atoms with Crippen molar-refractivity contribution in [2.24, 2.45) is 0 Å². The normalized spacial score (nSPS) is 19.1. The van der Waals surface area contributed by atoms with Gasteiger partial charge in [0.2, 0.25) is 5.91 Å². The molecule has 1 aliphatic rings.